The Morgan fingerprint density at radius 2 is 2.06 bits per heavy atom. The maximum atomic E-state index is 11.5. The van der Waals surface area contributed by atoms with Gasteiger partial charge in [0.2, 0.25) is 0 Å². The van der Waals surface area contributed by atoms with Crippen molar-refractivity contribution in [3.05, 3.63) is 34.9 Å². The maximum absolute atomic E-state index is 11.5. The Balaban J connectivity index is 2.71. The molecule has 0 unspecified atom stereocenters. The molecule has 0 radical (unpaired) electrons. The lowest BCUT2D eigenvalue weighted by molar-refractivity contribution is 0.0600. The second-order valence-corrected chi connectivity index (χ2v) is 5.50. The predicted molar refractivity (Wildman–Crippen MR) is 70.2 cm³/mol. The fourth-order valence-electron chi connectivity index (χ4n) is 1.82. The summed E-state index contributed by atoms with van der Waals surface area (Å²) in [6, 6.07) is 3.46. The first-order valence-corrected chi connectivity index (χ1v) is 5.99. The van der Waals surface area contributed by atoms with E-state index in [2.05, 4.69) is 4.98 Å². The molecule has 4 nitrogen and oxygen atoms in total. The number of nitrogens with zero attached hydrogens (tertiary/aromatic N) is 2. The number of ether oxygens (including phenoxy) is 1. The van der Waals surface area contributed by atoms with E-state index in [0.717, 1.165) is 11.3 Å². The summed E-state index contributed by atoms with van der Waals surface area (Å²) in [6.45, 7) is 6.13. The molecule has 18 heavy (non-hydrogen) atoms. The van der Waals surface area contributed by atoms with Crippen molar-refractivity contribution in [2.24, 2.45) is 0 Å². The predicted octanol–water partition coefficient (Wildman–Crippen LogP) is 3.07. The molecule has 0 aromatic carbocycles. The molecule has 5 heteroatoms. The molecule has 2 heterocycles. The van der Waals surface area contributed by atoms with Gasteiger partial charge in [-0.3, -0.25) is 0 Å². The van der Waals surface area contributed by atoms with Crippen LogP contribution in [-0.2, 0) is 10.2 Å². The number of hydrogen-bond donors (Lipinski definition) is 0. The number of methoxy groups -OCH3 is 1. The summed E-state index contributed by atoms with van der Waals surface area (Å²) < 4.78 is 6.55. The molecule has 2 rings (SSSR count). The van der Waals surface area contributed by atoms with E-state index < -0.39 is 0 Å². The highest BCUT2D eigenvalue weighted by Crippen LogP contribution is 2.27. The second-order valence-electron chi connectivity index (χ2n) is 5.14. The lowest BCUT2D eigenvalue weighted by atomic mass is 9.96. The molecule has 96 valence electrons. The van der Waals surface area contributed by atoms with E-state index in [1.54, 1.807) is 18.3 Å². The van der Waals surface area contributed by atoms with Gasteiger partial charge in [0.15, 0.2) is 5.15 Å². The standard InChI is InChI=1S/C13H15ClN2O2/c1-13(2,3)12-15-10(14)9-6-5-8(7-16(9)12)11(17)18-4/h5-7H,1-4H3. The number of pyridine rings is 1. The van der Waals surface area contributed by atoms with E-state index >= 15 is 0 Å². The van der Waals surface area contributed by atoms with E-state index in [4.69, 9.17) is 16.3 Å². The van der Waals surface area contributed by atoms with Crippen LogP contribution in [0.25, 0.3) is 5.52 Å². The Bertz CT molecular complexity index is 611. The summed E-state index contributed by atoms with van der Waals surface area (Å²) >= 11 is 6.10. The van der Waals surface area contributed by atoms with Crippen LogP contribution in [0.2, 0.25) is 5.15 Å². The molecule has 0 saturated heterocycles. The minimum atomic E-state index is -0.374. The summed E-state index contributed by atoms with van der Waals surface area (Å²) in [5, 5.41) is 0.441. The van der Waals surface area contributed by atoms with Gasteiger partial charge in [-0.25, -0.2) is 9.78 Å². The average molecular weight is 267 g/mol. The fraction of sp³-hybridized carbons (Fsp3) is 0.385. The van der Waals surface area contributed by atoms with Gasteiger partial charge >= 0.3 is 5.97 Å². The number of fused-ring (bicyclic) bond motifs is 1. The van der Waals surface area contributed by atoms with Gasteiger partial charge in [-0.2, -0.15) is 0 Å². The zero-order chi connectivity index (χ0) is 13.5. The summed E-state index contributed by atoms with van der Waals surface area (Å²) in [5.74, 6) is 0.440. The van der Waals surface area contributed by atoms with Crippen LogP contribution >= 0.6 is 11.6 Å². The average Bonchev–Trinajstić information content (AvgIpc) is 2.65. The summed E-state index contributed by atoms with van der Waals surface area (Å²) in [4.78, 5) is 15.9. The highest BCUT2D eigenvalue weighted by molar-refractivity contribution is 6.32. The minimum Gasteiger partial charge on any atom is -0.465 e. The number of rotatable bonds is 1. The normalized spacial score (nSPS) is 11.8. The van der Waals surface area contributed by atoms with E-state index in [1.165, 1.54) is 7.11 Å². The van der Waals surface area contributed by atoms with Gasteiger partial charge in [0.1, 0.15) is 5.82 Å². The molecule has 0 fully saturated rings. The van der Waals surface area contributed by atoms with E-state index in [-0.39, 0.29) is 11.4 Å². The first-order chi connectivity index (χ1) is 8.34. The summed E-state index contributed by atoms with van der Waals surface area (Å²) in [6.07, 6.45) is 1.71. The van der Waals surface area contributed by atoms with Crippen LogP contribution in [0, 0.1) is 0 Å². The fourth-order valence-corrected chi connectivity index (χ4v) is 2.05. The highest BCUT2D eigenvalue weighted by atomic mass is 35.5. The van der Waals surface area contributed by atoms with Crippen LogP contribution in [0.4, 0.5) is 0 Å². The van der Waals surface area contributed by atoms with Crippen LogP contribution in [0.5, 0.6) is 0 Å². The van der Waals surface area contributed by atoms with Crippen LogP contribution in [0.1, 0.15) is 37.0 Å². The lowest BCUT2D eigenvalue weighted by Gasteiger charge is -2.16. The van der Waals surface area contributed by atoms with Gasteiger partial charge in [0, 0.05) is 11.6 Å². The summed E-state index contributed by atoms with van der Waals surface area (Å²) in [5.41, 5.74) is 1.10. The molecule has 0 bridgehead atoms. The van der Waals surface area contributed by atoms with Gasteiger partial charge in [-0.05, 0) is 12.1 Å². The Kier molecular flexibility index (Phi) is 3.07. The SMILES string of the molecule is COC(=O)c1ccc2c(Cl)nc(C(C)(C)C)n2c1. The van der Waals surface area contributed by atoms with Crippen molar-refractivity contribution in [1.29, 1.82) is 0 Å². The molecular weight excluding hydrogens is 252 g/mol. The zero-order valence-corrected chi connectivity index (χ0v) is 11.6. The van der Waals surface area contributed by atoms with Crippen LogP contribution in [0.15, 0.2) is 18.3 Å². The Morgan fingerprint density at radius 3 is 2.61 bits per heavy atom. The molecule has 0 spiro atoms. The highest BCUT2D eigenvalue weighted by Gasteiger charge is 2.22. The number of carbonyl (C=O) groups excluding carboxylic acids is 1. The largest absolute Gasteiger partial charge is 0.465 e. The molecule has 0 aliphatic rings. The van der Waals surface area contributed by atoms with Crippen molar-refractivity contribution in [3.8, 4) is 0 Å². The zero-order valence-electron chi connectivity index (χ0n) is 10.8. The van der Waals surface area contributed by atoms with Crippen molar-refractivity contribution in [1.82, 2.24) is 9.38 Å². The lowest BCUT2D eigenvalue weighted by Crippen LogP contribution is -2.16. The molecule has 0 amide bonds. The third kappa shape index (κ3) is 2.08. The van der Waals surface area contributed by atoms with Gasteiger partial charge < -0.3 is 9.14 Å². The van der Waals surface area contributed by atoms with Crippen molar-refractivity contribution < 1.29 is 9.53 Å². The third-order valence-corrected chi connectivity index (χ3v) is 2.96. The Labute approximate surface area is 111 Å². The Morgan fingerprint density at radius 1 is 1.39 bits per heavy atom. The molecular formula is C13H15ClN2O2. The third-order valence-electron chi connectivity index (χ3n) is 2.68. The van der Waals surface area contributed by atoms with Crippen molar-refractivity contribution in [2.75, 3.05) is 7.11 Å². The van der Waals surface area contributed by atoms with E-state index in [9.17, 15) is 4.79 Å². The van der Waals surface area contributed by atoms with Crippen LogP contribution in [-0.4, -0.2) is 22.5 Å². The van der Waals surface area contributed by atoms with Gasteiger partial charge in [-0.15, -0.1) is 0 Å². The number of imidazole rings is 1. The van der Waals surface area contributed by atoms with Crippen molar-refractivity contribution in [2.45, 2.75) is 26.2 Å². The number of halogens is 1. The summed E-state index contributed by atoms with van der Waals surface area (Å²) in [7, 11) is 1.36. The molecule has 0 saturated carbocycles. The molecule has 2 aromatic rings. The topological polar surface area (TPSA) is 43.6 Å². The number of hydrogen-bond acceptors (Lipinski definition) is 3. The molecule has 0 atom stereocenters. The van der Waals surface area contributed by atoms with Crippen LogP contribution in [0.3, 0.4) is 0 Å². The first kappa shape index (κ1) is 12.9. The molecule has 0 aliphatic carbocycles. The minimum absolute atomic E-state index is 0.162. The molecule has 0 N–H and O–H groups in total. The van der Waals surface area contributed by atoms with Crippen LogP contribution < -0.4 is 0 Å². The van der Waals surface area contributed by atoms with E-state index in [1.807, 2.05) is 25.2 Å². The molecule has 2 aromatic heterocycles. The quantitative estimate of drug-likeness (QED) is 0.745. The number of esters is 1. The second kappa shape index (κ2) is 4.28. The first-order valence-electron chi connectivity index (χ1n) is 5.61. The smallest absolute Gasteiger partial charge is 0.339 e. The van der Waals surface area contributed by atoms with Crippen molar-refractivity contribution >= 4 is 23.1 Å². The van der Waals surface area contributed by atoms with Crippen molar-refractivity contribution in [3.63, 3.8) is 0 Å². The van der Waals surface area contributed by atoms with Gasteiger partial charge in [0.05, 0.1) is 18.2 Å². The Hall–Kier alpha value is -1.55. The van der Waals surface area contributed by atoms with E-state index in [0.29, 0.717) is 10.7 Å². The van der Waals surface area contributed by atoms with Gasteiger partial charge in [-0.1, -0.05) is 32.4 Å². The number of aromatic nitrogens is 2. The monoisotopic (exact) mass is 266 g/mol. The number of carbonyl (C=O) groups is 1. The maximum Gasteiger partial charge on any atom is 0.339 e. The van der Waals surface area contributed by atoms with Gasteiger partial charge in [0.25, 0.3) is 0 Å². The molecule has 0 aliphatic heterocycles.